The number of amides is 2. The highest BCUT2D eigenvalue weighted by molar-refractivity contribution is 6.05. The minimum Gasteiger partial charge on any atom is -0.444 e. The molecule has 1 fully saturated rings. The average molecular weight is 425 g/mol. The molecule has 31 heavy (non-hydrogen) atoms. The molecule has 166 valence electrons. The SMILES string of the molecule is CC(C)(C)OC(=O)NCC1CCN(c2cc(C(=O)Nc3ccccc3)ccc2N)CC1. The van der Waals surface area contributed by atoms with Gasteiger partial charge in [0.05, 0.1) is 11.4 Å². The van der Waals surface area contributed by atoms with Gasteiger partial charge in [0.1, 0.15) is 5.60 Å². The molecule has 0 radical (unpaired) electrons. The Morgan fingerprint density at radius 1 is 1.10 bits per heavy atom. The number of nitrogens with one attached hydrogen (secondary N) is 2. The molecule has 3 rings (SSSR count). The topological polar surface area (TPSA) is 96.7 Å². The van der Waals surface area contributed by atoms with Gasteiger partial charge < -0.3 is 26.0 Å². The Balaban J connectivity index is 1.56. The third kappa shape index (κ3) is 6.64. The van der Waals surface area contributed by atoms with Gasteiger partial charge in [0.2, 0.25) is 0 Å². The molecule has 0 atom stereocenters. The van der Waals surface area contributed by atoms with Gasteiger partial charge in [-0.15, -0.1) is 0 Å². The molecule has 0 saturated carbocycles. The zero-order chi connectivity index (χ0) is 22.4. The summed E-state index contributed by atoms with van der Waals surface area (Å²) >= 11 is 0. The van der Waals surface area contributed by atoms with Crippen molar-refractivity contribution in [2.45, 2.75) is 39.2 Å². The van der Waals surface area contributed by atoms with Crippen LogP contribution in [0.1, 0.15) is 44.0 Å². The molecule has 1 saturated heterocycles. The second-order valence-electron chi connectivity index (χ2n) is 8.91. The van der Waals surface area contributed by atoms with Crippen molar-refractivity contribution in [1.82, 2.24) is 5.32 Å². The number of carbonyl (C=O) groups excluding carboxylic acids is 2. The van der Waals surface area contributed by atoms with Crippen molar-refractivity contribution in [3.05, 3.63) is 54.1 Å². The van der Waals surface area contributed by atoms with E-state index < -0.39 is 5.60 Å². The largest absolute Gasteiger partial charge is 0.444 e. The van der Waals surface area contributed by atoms with E-state index in [9.17, 15) is 9.59 Å². The molecule has 4 N–H and O–H groups in total. The zero-order valence-corrected chi connectivity index (χ0v) is 18.5. The van der Waals surface area contributed by atoms with Crippen LogP contribution in [-0.2, 0) is 4.74 Å². The normalized spacial score (nSPS) is 14.7. The average Bonchev–Trinajstić information content (AvgIpc) is 2.72. The van der Waals surface area contributed by atoms with Gasteiger partial charge in [0, 0.05) is 30.9 Å². The minimum absolute atomic E-state index is 0.163. The number of alkyl carbamates (subject to hydrolysis) is 1. The van der Waals surface area contributed by atoms with Crippen molar-refractivity contribution in [3.8, 4) is 0 Å². The maximum atomic E-state index is 12.6. The van der Waals surface area contributed by atoms with Crippen molar-refractivity contribution >= 4 is 29.1 Å². The molecule has 0 bridgehead atoms. The fraction of sp³-hybridized carbons (Fsp3) is 0.417. The Morgan fingerprint density at radius 2 is 1.77 bits per heavy atom. The quantitative estimate of drug-likeness (QED) is 0.623. The summed E-state index contributed by atoms with van der Waals surface area (Å²) in [6.45, 7) is 7.78. The van der Waals surface area contributed by atoms with Crippen LogP contribution in [0.25, 0.3) is 0 Å². The summed E-state index contributed by atoms with van der Waals surface area (Å²) < 4.78 is 5.30. The van der Waals surface area contributed by atoms with Crippen molar-refractivity contribution in [3.63, 3.8) is 0 Å². The molecular weight excluding hydrogens is 392 g/mol. The number of rotatable bonds is 5. The lowest BCUT2D eigenvalue weighted by Gasteiger charge is -2.34. The van der Waals surface area contributed by atoms with Crippen LogP contribution in [0.3, 0.4) is 0 Å². The Morgan fingerprint density at radius 3 is 2.42 bits per heavy atom. The predicted octanol–water partition coefficient (Wildman–Crippen LogP) is 4.26. The summed E-state index contributed by atoms with van der Waals surface area (Å²) in [6, 6.07) is 14.8. The van der Waals surface area contributed by atoms with E-state index in [1.165, 1.54) is 0 Å². The van der Waals surface area contributed by atoms with E-state index in [0.717, 1.165) is 37.3 Å². The van der Waals surface area contributed by atoms with E-state index in [2.05, 4.69) is 15.5 Å². The maximum Gasteiger partial charge on any atom is 0.407 e. The molecule has 0 unspecified atom stereocenters. The van der Waals surface area contributed by atoms with Crippen LogP contribution in [0.5, 0.6) is 0 Å². The fourth-order valence-electron chi connectivity index (χ4n) is 3.60. The van der Waals surface area contributed by atoms with Crippen LogP contribution in [0.4, 0.5) is 21.9 Å². The van der Waals surface area contributed by atoms with Gasteiger partial charge in [0.25, 0.3) is 5.91 Å². The summed E-state index contributed by atoms with van der Waals surface area (Å²) in [7, 11) is 0. The number of benzene rings is 2. The lowest BCUT2D eigenvalue weighted by Crippen LogP contribution is -2.40. The predicted molar refractivity (Wildman–Crippen MR) is 124 cm³/mol. The Bertz CT molecular complexity index is 901. The number of nitrogen functional groups attached to an aromatic ring is 1. The Kier molecular flexibility index (Phi) is 7.05. The van der Waals surface area contributed by atoms with E-state index in [0.29, 0.717) is 23.7 Å². The van der Waals surface area contributed by atoms with Crippen LogP contribution >= 0.6 is 0 Å². The van der Waals surface area contributed by atoms with Gasteiger partial charge in [-0.25, -0.2) is 4.79 Å². The lowest BCUT2D eigenvalue weighted by atomic mass is 9.96. The van der Waals surface area contributed by atoms with Crippen LogP contribution in [0.2, 0.25) is 0 Å². The number of nitrogens with zero attached hydrogens (tertiary/aromatic N) is 1. The molecule has 0 spiro atoms. The second kappa shape index (κ2) is 9.73. The third-order valence-corrected chi connectivity index (χ3v) is 5.21. The summed E-state index contributed by atoms with van der Waals surface area (Å²) in [5.74, 6) is 0.221. The first kappa shape index (κ1) is 22.5. The number of piperidine rings is 1. The smallest absolute Gasteiger partial charge is 0.407 e. The van der Waals surface area contributed by atoms with Crippen molar-refractivity contribution in [2.75, 3.05) is 35.6 Å². The molecule has 1 aliphatic rings. The maximum absolute atomic E-state index is 12.6. The standard InChI is InChI=1S/C24H32N4O3/c1-24(2,3)31-23(30)26-16-17-11-13-28(14-12-17)21-15-18(9-10-20(21)25)22(29)27-19-7-5-4-6-8-19/h4-10,15,17H,11-14,16,25H2,1-3H3,(H,26,30)(H,27,29). The molecule has 7 heteroatoms. The molecular formula is C24H32N4O3. The number of carbonyl (C=O) groups is 2. The zero-order valence-electron chi connectivity index (χ0n) is 18.5. The van der Waals surface area contributed by atoms with Gasteiger partial charge in [0.15, 0.2) is 0 Å². The molecule has 0 aromatic heterocycles. The van der Waals surface area contributed by atoms with E-state index in [1.807, 2.05) is 57.2 Å². The number of nitrogens with two attached hydrogens (primary N) is 1. The first-order chi connectivity index (χ1) is 14.7. The van der Waals surface area contributed by atoms with Crippen molar-refractivity contribution in [1.29, 1.82) is 0 Å². The Labute approximate surface area is 183 Å². The van der Waals surface area contributed by atoms with Crippen LogP contribution in [0.15, 0.2) is 48.5 Å². The highest BCUT2D eigenvalue weighted by Crippen LogP contribution is 2.29. The van der Waals surface area contributed by atoms with Gasteiger partial charge in [-0.1, -0.05) is 18.2 Å². The molecule has 1 aliphatic heterocycles. The van der Waals surface area contributed by atoms with Gasteiger partial charge in [-0.05, 0) is 69.9 Å². The summed E-state index contributed by atoms with van der Waals surface area (Å²) in [5.41, 5.74) is 8.57. The number of hydrogen-bond acceptors (Lipinski definition) is 5. The lowest BCUT2D eigenvalue weighted by molar-refractivity contribution is 0.0516. The van der Waals surface area contributed by atoms with Crippen LogP contribution in [0, 0.1) is 5.92 Å². The molecule has 2 amide bonds. The molecule has 1 heterocycles. The van der Waals surface area contributed by atoms with Crippen molar-refractivity contribution < 1.29 is 14.3 Å². The van der Waals surface area contributed by atoms with Crippen LogP contribution < -0.4 is 21.3 Å². The number of ether oxygens (including phenoxy) is 1. The van der Waals surface area contributed by atoms with Crippen LogP contribution in [-0.4, -0.2) is 37.2 Å². The summed E-state index contributed by atoms with van der Waals surface area (Å²) in [6.07, 6.45) is 1.47. The number of anilines is 3. The number of para-hydroxylation sites is 1. The van der Waals surface area contributed by atoms with E-state index in [-0.39, 0.29) is 12.0 Å². The van der Waals surface area contributed by atoms with E-state index in [4.69, 9.17) is 10.5 Å². The molecule has 0 aliphatic carbocycles. The third-order valence-electron chi connectivity index (χ3n) is 5.21. The summed E-state index contributed by atoms with van der Waals surface area (Å²) in [5, 5.41) is 5.77. The molecule has 2 aromatic rings. The molecule has 7 nitrogen and oxygen atoms in total. The first-order valence-corrected chi connectivity index (χ1v) is 10.7. The Hall–Kier alpha value is -3.22. The van der Waals surface area contributed by atoms with Gasteiger partial charge in [-0.3, -0.25) is 4.79 Å². The molecule has 2 aromatic carbocycles. The summed E-state index contributed by atoms with van der Waals surface area (Å²) in [4.78, 5) is 26.7. The minimum atomic E-state index is -0.497. The first-order valence-electron chi connectivity index (χ1n) is 10.7. The van der Waals surface area contributed by atoms with E-state index in [1.54, 1.807) is 12.1 Å². The van der Waals surface area contributed by atoms with Gasteiger partial charge in [-0.2, -0.15) is 0 Å². The van der Waals surface area contributed by atoms with Crippen molar-refractivity contribution in [2.24, 2.45) is 5.92 Å². The highest BCUT2D eigenvalue weighted by Gasteiger charge is 2.23. The monoisotopic (exact) mass is 424 g/mol. The van der Waals surface area contributed by atoms with E-state index >= 15 is 0 Å². The second-order valence-corrected chi connectivity index (χ2v) is 8.91. The highest BCUT2D eigenvalue weighted by atomic mass is 16.6. The fourth-order valence-corrected chi connectivity index (χ4v) is 3.60. The van der Waals surface area contributed by atoms with Gasteiger partial charge >= 0.3 is 6.09 Å². The number of hydrogen-bond donors (Lipinski definition) is 3.